The molecule has 0 bridgehead atoms. The van der Waals surface area contributed by atoms with Gasteiger partial charge >= 0.3 is 6.09 Å². The topological polar surface area (TPSA) is 46.6 Å². The van der Waals surface area contributed by atoms with E-state index in [1.807, 2.05) is 6.07 Å². The molecule has 0 saturated carbocycles. The van der Waals surface area contributed by atoms with E-state index >= 15 is 0 Å². The SMILES string of the molecule is CC(OC(=O)N1CCCCC1)C(=O)c1ccccc1. The summed E-state index contributed by atoms with van der Waals surface area (Å²) in [5.74, 6) is -0.161. The lowest BCUT2D eigenvalue weighted by Crippen LogP contribution is -2.39. The van der Waals surface area contributed by atoms with Gasteiger partial charge in [0.1, 0.15) is 0 Å². The molecule has 4 heteroatoms. The summed E-state index contributed by atoms with van der Waals surface area (Å²) in [6.45, 7) is 3.08. The van der Waals surface area contributed by atoms with Crippen molar-refractivity contribution in [3.63, 3.8) is 0 Å². The number of carbonyl (C=O) groups is 2. The molecular weight excluding hydrogens is 242 g/mol. The Balaban J connectivity index is 1.91. The van der Waals surface area contributed by atoms with Gasteiger partial charge in [-0.3, -0.25) is 4.79 Å². The van der Waals surface area contributed by atoms with Crippen LogP contribution in [0.4, 0.5) is 4.79 Å². The lowest BCUT2D eigenvalue weighted by molar-refractivity contribution is 0.0511. The Bertz CT molecular complexity index is 438. The molecule has 19 heavy (non-hydrogen) atoms. The standard InChI is InChI=1S/C15H19NO3/c1-12(14(17)13-8-4-2-5-9-13)19-15(18)16-10-6-3-7-11-16/h2,4-5,8-9,12H,3,6-7,10-11H2,1H3. The number of Topliss-reactive ketones (excluding diaryl/α,β-unsaturated/α-hetero) is 1. The van der Waals surface area contributed by atoms with Crippen molar-refractivity contribution in [3.05, 3.63) is 35.9 Å². The molecule has 0 radical (unpaired) electrons. The Morgan fingerprint density at radius 2 is 1.74 bits per heavy atom. The number of ketones is 1. The summed E-state index contributed by atoms with van der Waals surface area (Å²) in [5, 5.41) is 0. The van der Waals surface area contributed by atoms with Gasteiger partial charge in [0.25, 0.3) is 0 Å². The van der Waals surface area contributed by atoms with E-state index < -0.39 is 6.10 Å². The van der Waals surface area contributed by atoms with Crippen LogP contribution in [0.15, 0.2) is 30.3 Å². The van der Waals surface area contributed by atoms with Gasteiger partial charge in [-0.2, -0.15) is 0 Å². The smallest absolute Gasteiger partial charge is 0.410 e. The van der Waals surface area contributed by atoms with Crippen molar-refractivity contribution in [3.8, 4) is 0 Å². The summed E-state index contributed by atoms with van der Waals surface area (Å²) < 4.78 is 5.24. The average molecular weight is 261 g/mol. The van der Waals surface area contributed by atoms with Crippen LogP contribution in [-0.2, 0) is 4.74 Å². The van der Waals surface area contributed by atoms with Crippen LogP contribution in [0.5, 0.6) is 0 Å². The van der Waals surface area contributed by atoms with Crippen LogP contribution >= 0.6 is 0 Å². The van der Waals surface area contributed by atoms with Gasteiger partial charge in [0.05, 0.1) is 0 Å². The summed E-state index contributed by atoms with van der Waals surface area (Å²) in [5.41, 5.74) is 0.571. The molecule has 1 fully saturated rings. The Labute approximate surface area is 113 Å². The van der Waals surface area contributed by atoms with E-state index in [4.69, 9.17) is 4.74 Å². The number of carbonyl (C=O) groups excluding carboxylic acids is 2. The lowest BCUT2D eigenvalue weighted by atomic mass is 10.1. The second-order valence-electron chi connectivity index (χ2n) is 4.80. The molecule has 102 valence electrons. The Morgan fingerprint density at radius 1 is 1.11 bits per heavy atom. The van der Waals surface area contributed by atoms with Crippen LogP contribution in [0.1, 0.15) is 36.5 Å². The van der Waals surface area contributed by atoms with Gasteiger partial charge in [0, 0.05) is 18.7 Å². The van der Waals surface area contributed by atoms with E-state index in [0.29, 0.717) is 5.56 Å². The highest BCUT2D eigenvalue weighted by Gasteiger charge is 2.23. The minimum Gasteiger partial charge on any atom is -0.438 e. The van der Waals surface area contributed by atoms with Crippen LogP contribution in [0.25, 0.3) is 0 Å². The highest BCUT2D eigenvalue weighted by atomic mass is 16.6. The molecule has 1 atom stereocenters. The number of rotatable bonds is 3. The van der Waals surface area contributed by atoms with Crippen LogP contribution in [0.2, 0.25) is 0 Å². The number of likely N-dealkylation sites (tertiary alicyclic amines) is 1. The second kappa shape index (κ2) is 6.36. The van der Waals surface area contributed by atoms with Gasteiger partial charge in [-0.25, -0.2) is 4.79 Å². The van der Waals surface area contributed by atoms with E-state index in [1.165, 1.54) is 0 Å². The molecule has 1 saturated heterocycles. The van der Waals surface area contributed by atoms with Crippen molar-refractivity contribution in [2.75, 3.05) is 13.1 Å². The fraction of sp³-hybridized carbons (Fsp3) is 0.467. The predicted molar refractivity (Wildman–Crippen MR) is 72.1 cm³/mol. The molecule has 1 aliphatic rings. The lowest BCUT2D eigenvalue weighted by Gasteiger charge is -2.27. The van der Waals surface area contributed by atoms with Crippen LogP contribution in [0.3, 0.4) is 0 Å². The molecule has 1 aromatic rings. The monoisotopic (exact) mass is 261 g/mol. The van der Waals surface area contributed by atoms with Gasteiger partial charge in [-0.1, -0.05) is 30.3 Å². The Hall–Kier alpha value is -1.84. The van der Waals surface area contributed by atoms with E-state index in [2.05, 4.69) is 0 Å². The fourth-order valence-electron chi connectivity index (χ4n) is 2.19. The number of nitrogens with zero attached hydrogens (tertiary/aromatic N) is 1. The maximum absolute atomic E-state index is 12.1. The minimum absolute atomic E-state index is 0.161. The third-order valence-electron chi connectivity index (χ3n) is 3.32. The quantitative estimate of drug-likeness (QED) is 0.786. The molecule has 1 aliphatic heterocycles. The normalized spacial score (nSPS) is 16.8. The zero-order valence-electron chi connectivity index (χ0n) is 11.2. The first-order valence-corrected chi connectivity index (χ1v) is 6.73. The predicted octanol–water partition coefficient (Wildman–Crippen LogP) is 2.88. The second-order valence-corrected chi connectivity index (χ2v) is 4.80. The number of amides is 1. The van der Waals surface area contributed by atoms with E-state index in [9.17, 15) is 9.59 Å². The first-order chi connectivity index (χ1) is 9.18. The van der Waals surface area contributed by atoms with Gasteiger partial charge in [-0.15, -0.1) is 0 Å². The first-order valence-electron chi connectivity index (χ1n) is 6.73. The van der Waals surface area contributed by atoms with E-state index in [1.54, 1.807) is 36.1 Å². The Kier molecular flexibility index (Phi) is 4.55. The number of benzene rings is 1. The number of ether oxygens (including phenoxy) is 1. The number of hydrogen-bond donors (Lipinski definition) is 0. The summed E-state index contributed by atoms with van der Waals surface area (Å²) in [6, 6.07) is 8.90. The zero-order chi connectivity index (χ0) is 13.7. The zero-order valence-corrected chi connectivity index (χ0v) is 11.2. The molecule has 0 N–H and O–H groups in total. The van der Waals surface area contributed by atoms with Crippen LogP contribution < -0.4 is 0 Å². The number of piperidine rings is 1. The van der Waals surface area contributed by atoms with Gasteiger partial charge in [-0.05, 0) is 26.2 Å². The van der Waals surface area contributed by atoms with Crippen molar-refractivity contribution in [1.29, 1.82) is 0 Å². The summed E-state index contributed by atoms with van der Waals surface area (Å²) in [4.78, 5) is 25.6. The average Bonchev–Trinajstić information content (AvgIpc) is 2.48. The molecule has 0 aliphatic carbocycles. The summed E-state index contributed by atoms with van der Waals surface area (Å²) >= 11 is 0. The van der Waals surface area contributed by atoms with E-state index in [0.717, 1.165) is 32.4 Å². The Morgan fingerprint density at radius 3 is 2.37 bits per heavy atom. The van der Waals surface area contributed by atoms with E-state index in [-0.39, 0.29) is 11.9 Å². The maximum Gasteiger partial charge on any atom is 0.410 e. The molecule has 1 unspecified atom stereocenters. The molecule has 4 nitrogen and oxygen atoms in total. The molecule has 0 aromatic heterocycles. The molecule has 1 heterocycles. The molecule has 1 aromatic carbocycles. The van der Waals surface area contributed by atoms with Crippen LogP contribution in [-0.4, -0.2) is 36.0 Å². The van der Waals surface area contributed by atoms with Crippen molar-refractivity contribution in [2.45, 2.75) is 32.3 Å². The van der Waals surface area contributed by atoms with Crippen molar-refractivity contribution < 1.29 is 14.3 Å². The first kappa shape index (κ1) is 13.6. The number of hydrogen-bond acceptors (Lipinski definition) is 3. The summed E-state index contributed by atoms with van der Waals surface area (Å²) in [7, 11) is 0. The molecule has 1 amide bonds. The van der Waals surface area contributed by atoms with Gasteiger partial charge in [0.15, 0.2) is 6.10 Å². The third kappa shape index (κ3) is 3.56. The largest absolute Gasteiger partial charge is 0.438 e. The van der Waals surface area contributed by atoms with Crippen molar-refractivity contribution >= 4 is 11.9 Å². The van der Waals surface area contributed by atoms with Crippen LogP contribution in [0, 0.1) is 0 Å². The van der Waals surface area contributed by atoms with Gasteiger partial charge < -0.3 is 9.64 Å². The fourth-order valence-corrected chi connectivity index (χ4v) is 2.19. The highest BCUT2D eigenvalue weighted by Crippen LogP contribution is 2.12. The van der Waals surface area contributed by atoms with Crippen molar-refractivity contribution in [2.24, 2.45) is 0 Å². The molecule has 0 spiro atoms. The molecule has 2 rings (SSSR count). The van der Waals surface area contributed by atoms with Crippen molar-refractivity contribution in [1.82, 2.24) is 4.90 Å². The highest BCUT2D eigenvalue weighted by molar-refractivity contribution is 6.00. The maximum atomic E-state index is 12.1. The summed E-state index contributed by atoms with van der Waals surface area (Å²) in [6.07, 6.45) is 2.06. The third-order valence-corrected chi connectivity index (χ3v) is 3.32. The minimum atomic E-state index is -0.739. The van der Waals surface area contributed by atoms with Gasteiger partial charge in [0.2, 0.25) is 5.78 Å². The molecular formula is C15H19NO3.